The van der Waals surface area contributed by atoms with Gasteiger partial charge in [-0.15, -0.1) is 0 Å². The fraction of sp³-hybridized carbons (Fsp3) is 0.393. The van der Waals surface area contributed by atoms with Crippen LogP contribution in [0.4, 0.5) is 4.39 Å². The molecular weight excluding hydrogens is 495 g/mol. The Balaban J connectivity index is 1.83. The summed E-state index contributed by atoms with van der Waals surface area (Å²) in [5.74, 6) is -1.56. The second-order valence-corrected chi connectivity index (χ2v) is 9.27. The van der Waals surface area contributed by atoms with Crippen molar-refractivity contribution in [2.45, 2.75) is 50.5 Å². The van der Waals surface area contributed by atoms with Gasteiger partial charge in [-0.1, -0.05) is 25.1 Å². The van der Waals surface area contributed by atoms with E-state index < -0.39 is 35.9 Å². The summed E-state index contributed by atoms with van der Waals surface area (Å²) in [6, 6.07) is 8.12. The number of carbonyl (C=O) groups excluding carboxylic acids is 3. The number of halogens is 1. The van der Waals surface area contributed by atoms with Gasteiger partial charge in [0.25, 0.3) is 0 Å². The smallest absolute Gasteiger partial charge is 0.247 e. The molecule has 0 fully saturated rings. The van der Waals surface area contributed by atoms with Gasteiger partial charge >= 0.3 is 0 Å². The second-order valence-electron chi connectivity index (χ2n) is 9.27. The molecule has 2 aliphatic rings. The van der Waals surface area contributed by atoms with Crippen LogP contribution in [0.25, 0.3) is 0 Å². The highest BCUT2D eigenvalue weighted by atomic mass is 19.1. The molecule has 9 nitrogen and oxygen atoms in total. The second kappa shape index (κ2) is 11.7. The Morgan fingerprint density at radius 3 is 2.68 bits per heavy atom. The van der Waals surface area contributed by atoms with Crippen molar-refractivity contribution in [1.29, 1.82) is 0 Å². The number of carbonyl (C=O) groups is 3. The predicted molar refractivity (Wildman–Crippen MR) is 135 cm³/mol. The van der Waals surface area contributed by atoms with Gasteiger partial charge in [-0.25, -0.2) is 4.39 Å². The molecule has 0 saturated carbocycles. The molecule has 0 radical (unpaired) electrons. The standard InChI is InChI=1S/C28H31FN2O7/c1-3-6-23(34)31(14-17-7-4-5-8-20(17)29)21-13-19(28(36)30-9-10-32)24-18-11-16(15-33)12-22(37-2)26(18)38-27(24)25(21)35/h4-5,7-8,11-13,15,21,24-25,27,32,35H,3,6,9-10,14H2,1-2H3,(H,30,36)/t21-,24+,25+,27+/m1/s1. The largest absolute Gasteiger partial charge is 0.493 e. The number of hydrogen-bond acceptors (Lipinski definition) is 7. The van der Waals surface area contributed by atoms with Crippen LogP contribution >= 0.6 is 0 Å². The third-order valence-electron chi connectivity index (χ3n) is 6.85. The van der Waals surface area contributed by atoms with Crippen molar-refractivity contribution in [3.63, 3.8) is 0 Å². The van der Waals surface area contributed by atoms with Crippen LogP contribution in [0, 0.1) is 5.82 Å². The summed E-state index contributed by atoms with van der Waals surface area (Å²) in [6.07, 6.45) is 0.548. The molecule has 0 unspecified atom stereocenters. The Kier molecular flexibility index (Phi) is 8.43. The molecule has 1 heterocycles. The Morgan fingerprint density at radius 1 is 1.26 bits per heavy atom. The summed E-state index contributed by atoms with van der Waals surface area (Å²) in [7, 11) is 1.42. The van der Waals surface area contributed by atoms with Gasteiger partial charge in [0, 0.05) is 41.8 Å². The van der Waals surface area contributed by atoms with E-state index in [1.165, 1.54) is 30.2 Å². The van der Waals surface area contributed by atoms with Crippen molar-refractivity contribution < 1.29 is 38.5 Å². The first-order chi connectivity index (χ1) is 18.3. The minimum Gasteiger partial charge on any atom is -0.493 e. The van der Waals surface area contributed by atoms with Gasteiger partial charge in [0.2, 0.25) is 11.8 Å². The topological polar surface area (TPSA) is 125 Å². The quantitative estimate of drug-likeness (QED) is 0.405. The lowest BCUT2D eigenvalue weighted by molar-refractivity contribution is -0.138. The Bertz CT molecular complexity index is 1250. The van der Waals surface area contributed by atoms with Crippen LogP contribution in [-0.4, -0.2) is 71.7 Å². The van der Waals surface area contributed by atoms with E-state index in [1.807, 2.05) is 6.92 Å². The Hall–Kier alpha value is -3.76. The number of aliphatic hydroxyl groups is 2. The number of nitrogens with one attached hydrogen (secondary N) is 1. The van der Waals surface area contributed by atoms with Gasteiger partial charge in [-0.2, -0.15) is 0 Å². The van der Waals surface area contributed by atoms with Crippen LogP contribution in [0.5, 0.6) is 11.5 Å². The van der Waals surface area contributed by atoms with Crippen molar-refractivity contribution in [2.75, 3.05) is 20.3 Å². The summed E-state index contributed by atoms with van der Waals surface area (Å²) in [5, 5.41) is 23.5. The highest BCUT2D eigenvalue weighted by Gasteiger charge is 2.51. The molecule has 0 bridgehead atoms. The molecule has 1 aliphatic carbocycles. The molecule has 0 aromatic heterocycles. The van der Waals surface area contributed by atoms with Gasteiger partial charge < -0.3 is 29.9 Å². The third kappa shape index (κ3) is 5.14. The van der Waals surface area contributed by atoms with Crippen LogP contribution in [0.15, 0.2) is 48.0 Å². The maximum Gasteiger partial charge on any atom is 0.247 e. The molecule has 10 heteroatoms. The fourth-order valence-corrected chi connectivity index (χ4v) is 5.09. The monoisotopic (exact) mass is 526 g/mol. The Labute approximate surface area is 219 Å². The van der Waals surface area contributed by atoms with Gasteiger partial charge in [-0.3, -0.25) is 14.4 Å². The van der Waals surface area contributed by atoms with Crippen LogP contribution < -0.4 is 14.8 Å². The maximum absolute atomic E-state index is 14.6. The molecule has 0 spiro atoms. The minimum absolute atomic E-state index is 0.0140. The third-order valence-corrected chi connectivity index (χ3v) is 6.85. The lowest BCUT2D eigenvalue weighted by Crippen LogP contribution is -2.55. The van der Waals surface area contributed by atoms with Gasteiger partial charge in [0.15, 0.2) is 11.5 Å². The molecule has 38 heavy (non-hydrogen) atoms. The maximum atomic E-state index is 14.6. The van der Waals surface area contributed by atoms with Gasteiger partial charge in [0.1, 0.15) is 24.3 Å². The molecule has 4 rings (SSSR count). The molecule has 4 atom stereocenters. The van der Waals surface area contributed by atoms with E-state index in [-0.39, 0.29) is 54.7 Å². The van der Waals surface area contributed by atoms with E-state index in [9.17, 15) is 29.0 Å². The first kappa shape index (κ1) is 27.3. The zero-order valence-electron chi connectivity index (χ0n) is 21.2. The number of fused-ring (bicyclic) bond motifs is 3. The number of benzene rings is 2. The van der Waals surface area contributed by atoms with E-state index in [1.54, 1.807) is 24.3 Å². The van der Waals surface area contributed by atoms with Crippen molar-refractivity contribution >= 4 is 18.1 Å². The average Bonchev–Trinajstić information content (AvgIpc) is 3.31. The van der Waals surface area contributed by atoms with E-state index in [4.69, 9.17) is 9.47 Å². The first-order valence-corrected chi connectivity index (χ1v) is 12.5. The molecule has 3 N–H and O–H groups in total. The first-order valence-electron chi connectivity index (χ1n) is 12.5. The molecule has 2 aromatic rings. The number of aldehydes is 1. The molecule has 202 valence electrons. The van der Waals surface area contributed by atoms with Gasteiger partial charge in [-0.05, 0) is 30.7 Å². The zero-order chi connectivity index (χ0) is 27.4. The SMILES string of the molecule is CCCC(=O)N(Cc1ccccc1F)[C@@H]1C=C(C(=O)NCCO)[C@@H]2c3cc(C=O)cc(OC)c3O[C@@H]2[C@H]1O. The van der Waals surface area contributed by atoms with E-state index in [0.29, 0.717) is 23.8 Å². The number of hydrogen-bond donors (Lipinski definition) is 3. The number of rotatable bonds is 10. The van der Waals surface area contributed by atoms with Crippen LogP contribution in [-0.2, 0) is 16.1 Å². The summed E-state index contributed by atoms with van der Waals surface area (Å²) >= 11 is 0. The number of ether oxygens (including phenoxy) is 2. The number of nitrogens with zero attached hydrogens (tertiary/aromatic N) is 1. The number of methoxy groups -OCH3 is 1. The van der Waals surface area contributed by atoms with E-state index in [0.717, 1.165) is 0 Å². The lowest BCUT2D eigenvalue weighted by atomic mass is 9.77. The van der Waals surface area contributed by atoms with Crippen molar-refractivity contribution in [2.24, 2.45) is 0 Å². The lowest BCUT2D eigenvalue weighted by Gasteiger charge is -2.40. The summed E-state index contributed by atoms with van der Waals surface area (Å²) in [4.78, 5) is 39.5. The average molecular weight is 527 g/mol. The predicted octanol–water partition coefficient (Wildman–Crippen LogP) is 2.10. The normalized spacial score (nSPS) is 21.4. The molecule has 2 aromatic carbocycles. The Morgan fingerprint density at radius 2 is 2.03 bits per heavy atom. The molecular formula is C28H31FN2O7. The van der Waals surface area contributed by atoms with Crippen LogP contribution in [0.3, 0.4) is 0 Å². The summed E-state index contributed by atoms with van der Waals surface area (Å²) in [6.45, 7) is 1.41. The fourth-order valence-electron chi connectivity index (χ4n) is 5.09. The summed E-state index contributed by atoms with van der Waals surface area (Å²) in [5.41, 5.74) is 1.25. The minimum atomic E-state index is -1.29. The highest BCUT2D eigenvalue weighted by molar-refractivity contribution is 5.96. The van der Waals surface area contributed by atoms with Crippen molar-refractivity contribution in [3.8, 4) is 11.5 Å². The number of amides is 2. The molecule has 1 aliphatic heterocycles. The molecule has 2 amide bonds. The van der Waals surface area contributed by atoms with Crippen molar-refractivity contribution in [1.82, 2.24) is 10.2 Å². The van der Waals surface area contributed by atoms with Crippen molar-refractivity contribution in [3.05, 3.63) is 70.6 Å². The molecule has 0 saturated heterocycles. The van der Waals surface area contributed by atoms with Crippen LogP contribution in [0.1, 0.15) is 47.2 Å². The zero-order valence-corrected chi connectivity index (χ0v) is 21.2. The van der Waals surface area contributed by atoms with Gasteiger partial charge in [0.05, 0.1) is 25.7 Å². The summed E-state index contributed by atoms with van der Waals surface area (Å²) < 4.78 is 26.1. The van der Waals surface area contributed by atoms with E-state index in [2.05, 4.69) is 5.32 Å². The highest BCUT2D eigenvalue weighted by Crippen LogP contribution is 2.51. The van der Waals surface area contributed by atoms with Crippen LogP contribution in [0.2, 0.25) is 0 Å². The number of aliphatic hydroxyl groups excluding tert-OH is 2. The van der Waals surface area contributed by atoms with E-state index >= 15 is 0 Å².